The summed E-state index contributed by atoms with van der Waals surface area (Å²) >= 11 is 0. The molecule has 1 aromatic carbocycles. The molecule has 1 heterocycles. The molecule has 1 aromatic heterocycles. The van der Waals surface area contributed by atoms with Crippen molar-refractivity contribution >= 4 is 17.5 Å². The number of hydrogen-bond acceptors (Lipinski definition) is 6. The molecule has 7 heteroatoms. The number of nitrogens with two attached hydrogens (primary N) is 1. The molecule has 0 saturated heterocycles. The molecule has 2 rings (SSSR count). The third-order valence-electron chi connectivity index (χ3n) is 3.15. The molecular weight excluding hydrogens is 270 g/mol. The number of nitrogens with zero attached hydrogens (tertiary/aromatic N) is 3. The van der Waals surface area contributed by atoms with Gasteiger partial charge in [0.25, 0.3) is 0 Å². The summed E-state index contributed by atoms with van der Waals surface area (Å²) in [5.41, 5.74) is 7.91. The molecule has 0 spiro atoms. The Labute approximate surface area is 122 Å². The van der Waals surface area contributed by atoms with Crippen LogP contribution in [-0.2, 0) is 13.0 Å². The number of hydrogen-bond donors (Lipinski definition) is 2. The summed E-state index contributed by atoms with van der Waals surface area (Å²) in [6.07, 6.45) is 0.973. The van der Waals surface area contributed by atoms with Gasteiger partial charge >= 0.3 is 5.69 Å². The molecule has 0 amide bonds. The summed E-state index contributed by atoms with van der Waals surface area (Å²) < 4.78 is 0. The third kappa shape index (κ3) is 3.44. The van der Waals surface area contributed by atoms with Crippen molar-refractivity contribution in [3.05, 3.63) is 51.2 Å². The maximum atomic E-state index is 11.1. The van der Waals surface area contributed by atoms with E-state index in [0.29, 0.717) is 6.54 Å². The van der Waals surface area contributed by atoms with Gasteiger partial charge in [-0.1, -0.05) is 31.2 Å². The van der Waals surface area contributed by atoms with E-state index in [-0.39, 0.29) is 23.1 Å². The number of nitro groups is 1. The average molecular weight is 287 g/mol. The van der Waals surface area contributed by atoms with E-state index in [1.54, 1.807) is 0 Å². The minimum atomic E-state index is -0.503. The van der Waals surface area contributed by atoms with Crippen molar-refractivity contribution in [3.8, 4) is 0 Å². The molecule has 7 nitrogen and oxygen atoms in total. The van der Waals surface area contributed by atoms with Gasteiger partial charge in [0.1, 0.15) is 5.69 Å². The fourth-order valence-corrected chi connectivity index (χ4v) is 2.01. The van der Waals surface area contributed by atoms with Gasteiger partial charge in [-0.25, -0.2) is 4.98 Å². The van der Waals surface area contributed by atoms with Crippen LogP contribution in [0.15, 0.2) is 24.3 Å². The molecule has 0 bridgehead atoms. The summed E-state index contributed by atoms with van der Waals surface area (Å²) in [6, 6.07) is 8.03. The predicted octanol–water partition coefficient (Wildman–Crippen LogP) is 2.45. The average Bonchev–Trinajstić information content (AvgIpc) is 2.44. The highest BCUT2D eigenvalue weighted by molar-refractivity contribution is 5.60. The van der Waals surface area contributed by atoms with E-state index in [1.807, 2.05) is 24.3 Å². The van der Waals surface area contributed by atoms with E-state index in [9.17, 15) is 10.1 Å². The summed E-state index contributed by atoms with van der Waals surface area (Å²) in [5.74, 6) is 0.159. The molecule has 0 aliphatic rings. The molecule has 3 N–H and O–H groups in total. The highest BCUT2D eigenvalue weighted by Crippen LogP contribution is 2.26. The van der Waals surface area contributed by atoms with Crippen LogP contribution >= 0.6 is 0 Å². The van der Waals surface area contributed by atoms with E-state index < -0.39 is 4.92 Å². The first kappa shape index (κ1) is 14.7. The van der Waals surface area contributed by atoms with Gasteiger partial charge in [-0.2, -0.15) is 4.98 Å². The van der Waals surface area contributed by atoms with Gasteiger partial charge in [0, 0.05) is 6.54 Å². The van der Waals surface area contributed by atoms with Gasteiger partial charge in [-0.3, -0.25) is 10.1 Å². The fraction of sp³-hybridized carbons (Fsp3) is 0.286. The molecule has 0 aliphatic carbocycles. The van der Waals surface area contributed by atoms with Crippen molar-refractivity contribution in [2.45, 2.75) is 26.8 Å². The van der Waals surface area contributed by atoms with Crippen LogP contribution in [0, 0.1) is 17.0 Å². The number of anilines is 2. The van der Waals surface area contributed by atoms with Crippen LogP contribution in [0.4, 0.5) is 17.5 Å². The van der Waals surface area contributed by atoms with Crippen molar-refractivity contribution in [2.75, 3.05) is 11.1 Å². The molecule has 0 fully saturated rings. The number of benzene rings is 1. The largest absolute Gasteiger partial charge is 0.368 e. The lowest BCUT2D eigenvalue weighted by molar-refractivity contribution is -0.385. The zero-order chi connectivity index (χ0) is 15.4. The maximum Gasteiger partial charge on any atom is 0.332 e. The van der Waals surface area contributed by atoms with Crippen molar-refractivity contribution in [2.24, 2.45) is 0 Å². The lowest BCUT2D eigenvalue weighted by atomic mass is 10.1. The summed E-state index contributed by atoms with van der Waals surface area (Å²) in [4.78, 5) is 18.3. The van der Waals surface area contributed by atoms with E-state index in [2.05, 4.69) is 22.2 Å². The smallest absolute Gasteiger partial charge is 0.332 e. The van der Waals surface area contributed by atoms with Crippen molar-refractivity contribution in [3.63, 3.8) is 0 Å². The molecule has 0 saturated carbocycles. The highest BCUT2D eigenvalue weighted by atomic mass is 16.6. The first-order chi connectivity index (χ1) is 10.0. The molecule has 110 valence electrons. The zero-order valence-corrected chi connectivity index (χ0v) is 12.0. The van der Waals surface area contributed by atoms with Crippen molar-refractivity contribution in [1.82, 2.24) is 9.97 Å². The molecule has 0 atom stereocenters. The Morgan fingerprint density at radius 1 is 1.24 bits per heavy atom. The Kier molecular flexibility index (Phi) is 4.32. The van der Waals surface area contributed by atoms with Gasteiger partial charge in [0.05, 0.1) is 4.92 Å². The van der Waals surface area contributed by atoms with Gasteiger partial charge in [-0.15, -0.1) is 0 Å². The third-order valence-corrected chi connectivity index (χ3v) is 3.15. The standard InChI is InChI=1S/C14H17N5O2/c1-3-10-4-6-11(7-5-10)8-16-13-12(19(20)21)9(2)17-14(15)18-13/h4-7H,3,8H2,1-2H3,(H3,15,16,17,18). The number of nitrogens with one attached hydrogen (secondary N) is 1. The second-order valence-electron chi connectivity index (χ2n) is 4.65. The van der Waals surface area contributed by atoms with E-state index in [4.69, 9.17) is 5.73 Å². The number of rotatable bonds is 5. The summed E-state index contributed by atoms with van der Waals surface area (Å²) in [6.45, 7) is 4.06. The van der Waals surface area contributed by atoms with Gasteiger partial charge in [0.15, 0.2) is 0 Å². The number of nitrogen functional groups attached to an aromatic ring is 1. The lowest BCUT2D eigenvalue weighted by Crippen LogP contribution is -2.09. The SMILES string of the molecule is CCc1ccc(CNc2nc(N)nc(C)c2[N+](=O)[O-])cc1. The van der Waals surface area contributed by atoms with Gasteiger partial charge < -0.3 is 11.1 Å². The molecule has 2 aromatic rings. The fourth-order valence-electron chi connectivity index (χ4n) is 2.01. The highest BCUT2D eigenvalue weighted by Gasteiger charge is 2.21. The topological polar surface area (TPSA) is 107 Å². The van der Waals surface area contributed by atoms with Crippen LogP contribution < -0.4 is 11.1 Å². The van der Waals surface area contributed by atoms with E-state index in [0.717, 1.165) is 12.0 Å². The van der Waals surface area contributed by atoms with Crippen LogP contribution in [0.25, 0.3) is 0 Å². The second kappa shape index (κ2) is 6.17. The van der Waals surface area contributed by atoms with E-state index >= 15 is 0 Å². The summed E-state index contributed by atoms with van der Waals surface area (Å²) in [5, 5.41) is 14.1. The maximum absolute atomic E-state index is 11.1. The van der Waals surface area contributed by atoms with Crippen LogP contribution in [-0.4, -0.2) is 14.9 Å². The minimum Gasteiger partial charge on any atom is -0.368 e. The minimum absolute atomic E-state index is 0.0157. The van der Waals surface area contributed by atoms with Crippen molar-refractivity contribution < 1.29 is 4.92 Å². The molecule has 0 radical (unpaired) electrons. The first-order valence-corrected chi connectivity index (χ1v) is 6.61. The number of aryl methyl sites for hydroxylation is 2. The Morgan fingerprint density at radius 3 is 2.43 bits per heavy atom. The quantitative estimate of drug-likeness (QED) is 0.646. The zero-order valence-electron chi connectivity index (χ0n) is 12.0. The van der Waals surface area contributed by atoms with Crippen LogP contribution in [0.1, 0.15) is 23.7 Å². The normalized spacial score (nSPS) is 10.4. The van der Waals surface area contributed by atoms with Crippen molar-refractivity contribution in [1.29, 1.82) is 0 Å². The lowest BCUT2D eigenvalue weighted by Gasteiger charge is -2.08. The Bertz CT molecular complexity index is 655. The predicted molar refractivity (Wildman–Crippen MR) is 81.0 cm³/mol. The summed E-state index contributed by atoms with van der Waals surface area (Å²) in [7, 11) is 0. The Hall–Kier alpha value is -2.70. The Balaban J connectivity index is 2.20. The molecular formula is C14H17N5O2. The first-order valence-electron chi connectivity index (χ1n) is 6.61. The monoisotopic (exact) mass is 287 g/mol. The van der Waals surface area contributed by atoms with Gasteiger partial charge in [-0.05, 0) is 24.5 Å². The van der Waals surface area contributed by atoms with E-state index in [1.165, 1.54) is 12.5 Å². The van der Waals surface area contributed by atoms with Crippen LogP contribution in [0.2, 0.25) is 0 Å². The van der Waals surface area contributed by atoms with Gasteiger partial charge in [0.2, 0.25) is 11.8 Å². The van der Waals surface area contributed by atoms with Crippen LogP contribution in [0.5, 0.6) is 0 Å². The number of aromatic nitrogens is 2. The molecule has 21 heavy (non-hydrogen) atoms. The second-order valence-corrected chi connectivity index (χ2v) is 4.65. The van der Waals surface area contributed by atoms with Crippen LogP contribution in [0.3, 0.4) is 0 Å². The Morgan fingerprint density at radius 2 is 1.86 bits per heavy atom. The molecule has 0 aliphatic heterocycles. The molecule has 0 unspecified atom stereocenters.